The van der Waals surface area contributed by atoms with Gasteiger partial charge in [0, 0.05) is 6.54 Å². The molecule has 0 amide bonds. The van der Waals surface area contributed by atoms with Gasteiger partial charge in [0.25, 0.3) is 0 Å². The molecule has 0 aromatic heterocycles. The Bertz CT molecular complexity index is 690. The average Bonchev–Trinajstić information content (AvgIpc) is 3.42. The highest BCUT2D eigenvalue weighted by Crippen LogP contribution is 2.49. The second-order valence-corrected chi connectivity index (χ2v) is 8.43. The van der Waals surface area contributed by atoms with E-state index < -0.39 is 15.4 Å². The zero-order valence-electron chi connectivity index (χ0n) is 13.9. The molecule has 1 saturated carbocycles. The van der Waals surface area contributed by atoms with Crippen LogP contribution in [0.4, 0.5) is 0 Å². The van der Waals surface area contributed by atoms with E-state index in [1.165, 1.54) is 7.11 Å². The van der Waals surface area contributed by atoms with E-state index >= 15 is 0 Å². The fraction of sp³-hybridized carbons (Fsp3) is 0.588. The summed E-state index contributed by atoms with van der Waals surface area (Å²) in [5, 5.41) is 3.28. The normalized spacial score (nSPS) is 22.8. The molecule has 1 aromatic rings. The number of carbonyl (C=O) groups is 1. The summed E-state index contributed by atoms with van der Waals surface area (Å²) in [5.74, 6) is 0.0860. The van der Waals surface area contributed by atoms with Gasteiger partial charge in [-0.15, -0.1) is 0 Å². The van der Waals surface area contributed by atoms with Gasteiger partial charge in [0.1, 0.15) is 0 Å². The lowest BCUT2D eigenvalue weighted by atomic mass is 9.96. The molecule has 7 heteroatoms. The van der Waals surface area contributed by atoms with Crippen LogP contribution >= 0.6 is 0 Å². The highest BCUT2D eigenvalue weighted by atomic mass is 32.2. The standard InChI is InChI=1S/C17H24N2O4S/c1-23-16(20)17(8-9-17)14-4-6-15(7-5-14)24(21,22)19-12-13-3-2-10-18-11-13/h4-7,13,18-19H,2-3,8-12H2,1H3. The largest absolute Gasteiger partial charge is 0.468 e. The Morgan fingerprint density at radius 3 is 2.58 bits per heavy atom. The lowest BCUT2D eigenvalue weighted by Crippen LogP contribution is -2.38. The van der Waals surface area contributed by atoms with Crippen LogP contribution in [-0.2, 0) is 25.0 Å². The number of ether oxygens (including phenoxy) is 1. The Hall–Kier alpha value is -1.44. The molecule has 6 nitrogen and oxygen atoms in total. The molecule has 0 bridgehead atoms. The maximum Gasteiger partial charge on any atom is 0.316 e. The van der Waals surface area contributed by atoms with Crippen LogP contribution in [0.2, 0.25) is 0 Å². The molecule has 2 aliphatic rings. The lowest BCUT2D eigenvalue weighted by molar-refractivity contribution is -0.143. The third kappa shape index (κ3) is 3.48. The predicted molar refractivity (Wildman–Crippen MR) is 90.2 cm³/mol. The monoisotopic (exact) mass is 352 g/mol. The molecule has 1 atom stereocenters. The summed E-state index contributed by atoms with van der Waals surface area (Å²) in [4.78, 5) is 12.1. The molecule has 1 aliphatic heterocycles. The lowest BCUT2D eigenvalue weighted by Gasteiger charge is -2.22. The molecule has 1 unspecified atom stereocenters. The Labute approximate surface area is 143 Å². The zero-order valence-corrected chi connectivity index (χ0v) is 14.7. The van der Waals surface area contributed by atoms with E-state index in [0.29, 0.717) is 12.5 Å². The molecule has 1 aliphatic carbocycles. The van der Waals surface area contributed by atoms with Crippen molar-refractivity contribution in [3.8, 4) is 0 Å². The average molecular weight is 352 g/mol. The Kier molecular flexibility index (Phi) is 4.94. The summed E-state index contributed by atoms with van der Waals surface area (Å²) in [6.07, 6.45) is 3.62. The van der Waals surface area contributed by atoms with Crippen LogP contribution in [-0.4, -0.2) is 41.1 Å². The van der Waals surface area contributed by atoms with Crippen LogP contribution in [0.25, 0.3) is 0 Å². The first-order valence-corrected chi connectivity index (χ1v) is 9.86. The van der Waals surface area contributed by atoms with Gasteiger partial charge in [0.05, 0.1) is 17.4 Å². The Balaban J connectivity index is 1.67. The minimum absolute atomic E-state index is 0.232. The van der Waals surface area contributed by atoms with Gasteiger partial charge in [0.15, 0.2) is 0 Å². The van der Waals surface area contributed by atoms with Crippen LogP contribution in [0.15, 0.2) is 29.2 Å². The van der Waals surface area contributed by atoms with Gasteiger partial charge in [-0.05, 0) is 62.4 Å². The third-order valence-corrected chi connectivity index (χ3v) is 6.44. The van der Waals surface area contributed by atoms with Gasteiger partial charge in [-0.25, -0.2) is 13.1 Å². The van der Waals surface area contributed by atoms with Gasteiger partial charge in [-0.1, -0.05) is 12.1 Å². The van der Waals surface area contributed by atoms with Crippen molar-refractivity contribution in [3.63, 3.8) is 0 Å². The van der Waals surface area contributed by atoms with Crippen LogP contribution < -0.4 is 10.0 Å². The smallest absolute Gasteiger partial charge is 0.316 e. The molecule has 132 valence electrons. The first kappa shape index (κ1) is 17.4. The Morgan fingerprint density at radius 1 is 1.33 bits per heavy atom. The van der Waals surface area contributed by atoms with Crippen molar-refractivity contribution in [2.45, 2.75) is 36.0 Å². The van der Waals surface area contributed by atoms with Gasteiger partial charge in [-0.2, -0.15) is 0 Å². The molecular formula is C17H24N2O4S. The number of hydrogen-bond donors (Lipinski definition) is 2. The number of benzene rings is 1. The SMILES string of the molecule is COC(=O)C1(c2ccc(S(=O)(=O)NCC3CCCNC3)cc2)CC1. The number of nitrogens with one attached hydrogen (secondary N) is 2. The molecule has 0 spiro atoms. The third-order valence-electron chi connectivity index (χ3n) is 5.00. The summed E-state index contributed by atoms with van der Waals surface area (Å²) in [7, 11) is -2.14. The molecule has 1 saturated heterocycles. The highest BCUT2D eigenvalue weighted by Gasteiger charge is 2.52. The molecule has 1 heterocycles. The predicted octanol–water partition coefficient (Wildman–Crippen LogP) is 1.17. The topological polar surface area (TPSA) is 84.5 Å². The minimum Gasteiger partial charge on any atom is -0.468 e. The van der Waals surface area contributed by atoms with Crippen molar-refractivity contribution in [2.24, 2.45) is 5.92 Å². The van der Waals surface area contributed by atoms with E-state index in [1.807, 2.05) is 0 Å². The van der Waals surface area contributed by atoms with Gasteiger partial charge in [-0.3, -0.25) is 4.79 Å². The molecular weight excluding hydrogens is 328 g/mol. The van der Waals surface area contributed by atoms with Gasteiger partial charge >= 0.3 is 5.97 Å². The molecule has 2 fully saturated rings. The second kappa shape index (κ2) is 6.82. The summed E-state index contributed by atoms with van der Waals surface area (Å²) in [6, 6.07) is 6.58. The molecule has 2 N–H and O–H groups in total. The van der Waals surface area contributed by atoms with E-state index in [2.05, 4.69) is 10.0 Å². The first-order chi connectivity index (χ1) is 11.5. The molecule has 3 rings (SSSR count). The van der Waals surface area contributed by atoms with Crippen molar-refractivity contribution in [3.05, 3.63) is 29.8 Å². The van der Waals surface area contributed by atoms with Gasteiger partial charge < -0.3 is 10.1 Å². The number of sulfonamides is 1. The Morgan fingerprint density at radius 2 is 2.04 bits per heavy atom. The van der Waals surface area contributed by atoms with E-state index in [9.17, 15) is 13.2 Å². The molecule has 1 aromatic carbocycles. The van der Waals surface area contributed by atoms with Crippen LogP contribution in [0.3, 0.4) is 0 Å². The zero-order chi connectivity index (χ0) is 17.2. The maximum absolute atomic E-state index is 12.4. The van der Waals surface area contributed by atoms with E-state index in [1.54, 1.807) is 24.3 Å². The number of piperidine rings is 1. The fourth-order valence-corrected chi connectivity index (χ4v) is 4.41. The van der Waals surface area contributed by atoms with Gasteiger partial charge in [0.2, 0.25) is 10.0 Å². The maximum atomic E-state index is 12.4. The number of carbonyl (C=O) groups excluding carboxylic acids is 1. The van der Waals surface area contributed by atoms with E-state index in [0.717, 1.165) is 44.3 Å². The minimum atomic E-state index is -3.52. The molecule has 0 radical (unpaired) electrons. The van der Waals surface area contributed by atoms with Crippen LogP contribution in [0, 0.1) is 5.92 Å². The summed E-state index contributed by atoms with van der Waals surface area (Å²) in [6.45, 7) is 2.30. The first-order valence-electron chi connectivity index (χ1n) is 8.37. The number of methoxy groups -OCH3 is 1. The summed E-state index contributed by atoms with van der Waals surface area (Å²) < 4.78 is 32.4. The van der Waals surface area contributed by atoms with Crippen molar-refractivity contribution >= 4 is 16.0 Å². The number of hydrogen-bond acceptors (Lipinski definition) is 5. The number of rotatable bonds is 6. The van der Waals surface area contributed by atoms with Crippen molar-refractivity contribution in [2.75, 3.05) is 26.7 Å². The summed E-state index contributed by atoms with van der Waals surface area (Å²) in [5.41, 5.74) is 0.253. The quantitative estimate of drug-likeness (QED) is 0.751. The van der Waals surface area contributed by atoms with Crippen LogP contribution in [0.1, 0.15) is 31.2 Å². The van der Waals surface area contributed by atoms with Crippen LogP contribution in [0.5, 0.6) is 0 Å². The highest BCUT2D eigenvalue weighted by molar-refractivity contribution is 7.89. The van der Waals surface area contributed by atoms with Crippen molar-refractivity contribution in [1.29, 1.82) is 0 Å². The summed E-state index contributed by atoms with van der Waals surface area (Å²) >= 11 is 0. The van der Waals surface area contributed by atoms with E-state index in [4.69, 9.17) is 4.74 Å². The molecule has 24 heavy (non-hydrogen) atoms. The van der Waals surface area contributed by atoms with E-state index in [-0.39, 0.29) is 10.9 Å². The van der Waals surface area contributed by atoms with Crippen molar-refractivity contribution < 1.29 is 17.9 Å². The fourth-order valence-electron chi connectivity index (χ4n) is 3.29. The van der Waals surface area contributed by atoms with Crippen molar-refractivity contribution in [1.82, 2.24) is 10.0 Å². The number of esters is 1. The second-order valence-electron chi connectivity index (χ2n) is 6.66.